The van der Waals surface area contributed by atoms with Gasteiger partial charge < -0.3 is 19.1 Å². The molecule has 0 aliphatic carbocycles. The number of aromatic nitrogens is 1. The maximum Gasteiger partial charge on any atom is 0.320 e. The van der Waals surface area contributed by atoms with Gasteiger partial charge in [0.05, 0.1) is 24.9 Å². The van der Waals surface area contributed by atoms with E-state index in [0.29, 0.717) is 58.4 Å². The third-order valence-electron chi connectivity index (χ3n) is 4.67. The second-order valence-corrected chi connectivity index (χ2v) is 6.40. The van der Waals surface area contributed by atoms with Crippen LogP contribution in [0.1, 0.15) is 12.6 Å². The van der Waals surface area contributed by atoms with Crippen LogP contribution in [0.2, 0.25) is 0 Å². The van der Waals surface area contributed by atoms with Crippen LogP contribution >= 0.6 is 0 Å². The van der Waals surface area contributed by atoms with E-state index in [0.717, 1.165) is 5.69 Å². The van der Waals surface area contributed by atoms with E-state index < -0.39 is 0 Å². The molecule has 1 aromatic rings. The van der Waals surface area contributed by atoms with Crippen molar-refractivity contribution in [1.29, 1.82) is 0 Å². The fraction of sp³-hybridized carbons (Fsp3) is 0.688. The molecular formula is C16H25N5O4. The minimum Gasteiger partial charge on any atom is -0.378 e. The number of nitrogens with zero attached hydrogens (tertiary/aromatic N) is 4. The van der Waals surface area contributed by atoms with Crippen molar-refractivity contribution in [2.75, 3.05) is 57.8 Å². The number of carbonyl (C=O) groups excluding carboxylic acids is 2. The number of nitrogens with one attached hydrogen (secondary N) is 1. The first kappa shape index (κ1) is 17.7. The molecule has 3 heterocycles. The number of anilines is 1. The summed E-state index contributed by atoms with van der Waals surface area (Å²) in [4.78, 5) is 30.6. The average Bonchev–Trinajstić information content (AvgIpc) is 3.06. The molecule has 3 rings (SSSR count). The Morgan fingerprint density at radius 2 is 1.76 bits per heavy atom. The first-order chi connectivity index (χ1) is 12.0. The van der Waals surface area contributed by atoms with Gasteiger partial charge in [-0.25, -0.2) is 4.79 Å². The number of carbonyl (C=O) groups is 2. The van der Waals surface area contributed by atoms with Crippen molar-refractivity contribution in [3.05, 3.63) is 11.8 Å². The zero-order valence-electron chi connectivity index (χ0n) is 14.7. The monoisotopic (exact) mass is 351 g/mol. The molecule has 2 fully saturated rings. The minimum absolute atomic E-state index is 0.0668. The summed E-state index contributed by atoms with van der Waals surface area (Å²) in [5, 5.41) is 6.49. The molecule has 9 heteroatoms. The Hall–Kier alpha value is -2.13. The molecule has 1 aromatic heterocycles. The number of morpholine rings is 1. The zero-order valence-corrected chi connectivity index (χ0v) is 14.7. The predicted molar refractivity (Wildman–Crippen MR) is 90.3 cm³/mol. The van der Waals surface area contributed by atoms with E-state index >= 15 is 0 Å². The summed E-state index contributed by atoms with van der Waals surface area (Å²) in [6, 6.07) is 1.45. The number of aryl methyl sites for hydroxylation is 1. The molecule has 0 spiro atoms. The highest BCUT2D eigenvalue weighted by molar-refractivity contribution is 5.93. The van der Waals surface area contributed by atoms with Gasteiger partial charge in [-0.2, -0.15) is 0 Å². The van der Waals surface area contributed by atoms with E-state index in [1.807, 2.05) is 16.7 Å². The van der Waals surface area contributed by atoms with Gasteiger partial charge in [-0.05, 0) is 13.8 Å². The summed E-state index contributed by atoms with van der Waals surface area (Å²) in [5.41, 5.74) is 0.721. The van der Waals surface area contributed by atoms with E-state index in [4.69, 9.17) is 9.26 Å². The van der Waals surface area contributed by atoms with Crippen LogP contribution in [0.25, 0.3) is 0 Å². The van der Waals surface area contributed by atoms with Gasteiger partial charge in [-0.3, -0.25) is 15.0 Å². The first-order valence-electron chi connectivity index (χ1n) is 8.64. The molecule has 0 aromatic carbocycles. The number of rotatable bonds is 3. The summed E-state index contributed by atoms with van der Waals surface area (Å²) in [6.45, 7) is 8.73. The predicted octanol–water partition coefficient (Wildman–Crippen LogP) is 0.380. The van der Waals surface area contributed by atoms with E-state index in [2.05, 4.69) is 15.4 Å². The lowest BCUT2D eigenvalue weighted by Crippen LogP contribution is -2.57. The van der Waals surface area contributed by atoms with Crippen molar-refractivity contribution >= 4 is 17.8 Å². The van der Waals surface area contributed by atoms with Gasteiger partial charge in [0.2, 0.25) is 11.8 Å². The van der Waals surface area contributed by atoms with Gasteiger partial charge in [0.25, 0.3) is 0 Å². The lowest BCUT2D eigenvalue weighted by Gasteiger charge is -2.40. The highest BCUT2D eigenvalue weighted by atomic mass is 16.5. The van der Waals surface area contributed by atoms with E-state index in [1.54, 1.807) is 13.0 Å². The molecule has 1 unspecified atom stereocenters. The van der Waals surface area contributed by atoms with Crippen molar-refractivity contribution < 1.29 is 18.8 Å². The Morgan fingerprint density at radius 3 is 2.36 bits per heavy atom. The quantitative estimate of drug-likeness (QED) is 0.847. The van der Waals surface area contributed by atoms with Gasteiger partial charge in [-0.15, -0.1) is 0 Å². The van der Waals surface area contributed by atoms with Gasteiger partial charge in [0, 0.05) is 45.3 Å². The molecule has 2 aliphatic rings. The standard InChI is InChI=1S/C16H25N5O4/c1-12-11-14(25-18-12)17-15(22)13(2)19-3-5-20(6-4-19)16(23)21-7-9-24-10-8-21/h11,13H,3-10H2,1-2H3,(H,17,22). The second kappa shape index (κ2) is 7.83. The molecular weight excluding hydrogens is 326 g/mol. The fourth-order valence-corrected chi connectivity index (χ4v) is 3.07. The molecule has 1 atom stereocenters. The number of piperazine rings is 1. The number of urea groups is 1. The third kappa shape index (κ3) is 4.29. The smallest absolute Gasteiger partial charge is 0.320 e. The van der Waals surface area contributed by atoms with Crippen LogP contribution in [-0.2, 0) is 9.53 Å². The van der Waals surface area contributed by atoms with Crippen molar-refractivity contribution in [3.63, 3.8) is 0 Å². The summed E-state index contributed by atoms with van der Waals surface area (Å²) in [7, 11) is 0. The van der Waals surface area contributed by atoms with Crippen LogP contribution in [0.3, 0.4) is 0 Å². The van der Waals surface area contributed by atoms with E-state index in [9.17, 15) is 9.59 Å². The minimum atomic E-state index is -0.300. The van der Waals surface area contributed by atoms with Crippen molar-refractivity contribution in [3.8, 4) is 0 Å². The first-order valence-corrected chi connectivity index (χ1v) is 8.64. The Balaban J connectivity index is 1.47. The zero-order chi connectivity index (χ0) is 17.8. The van der Waals surface area contributed by atoms with Crippen molar-refractivity contribution in [2.45, 2.75) is 19.9 Å². The molecule has 3 amide bonds. The van der Waals surface area contributed by atoms with E-state index in [-0.39, 0.29) is 18.0 Å². The Kier molecular flexibility index (Phi) is 5.54. The summed E-state index contributed by atoms with van der Waals surface area (Å²) in [5.74, 6) is 0.222. The summed E-state index contributed by atoms with van der Waals surface area (Å²) >= 11 is 0. The largest absolute Gasteiger partial charge is 0.378 e. The molecule has 138 valence electrons. The molecule has 25 heavy (non-hydrogen) atoms. The van der Waals surface area contributed by atoms with Crippen LogP contribution in [0.4, 0.5) is 10.7 Å². The maximum absolute atomic E-state index is 12.5. The lowest BCUT2D eigenvalue weighted by molar-refractivity contribution is -0.121. The van der Waals surface area contributed by atoms with E-state index in [1.165, 1.54) is 0 Å². The van der Waals surface area contributed by atoms with Crippen LogP contribution in [0.15, 0.2) is 10.6 Å². The highest BCUT2D eigenvalue weighted by Gasteiger charge is 2.30. The Bertz CT molecular complexity index is 605. The van der Waals surface area contributed by atoms with Gasteiger partial charge in [0.1, 0.15) is 0 Å². The lowest BCUT2D eigenvalue weighted by atomic mass is 10.2. The maximum atomic E-state index is 12.5. The van der Waals surface area contributed by atoms with Gasteiger partial charge in [0.15, 0.2) is 0 Å². The molecule has 1 N–H and O–H groups in total. The summed E-state index contributed by atoms with van der Waals surface area (Å²) in [6.07, 6.45) is 0. The molecule has 0 radical (unpaired) electrons. The highest BCUT2D eigenvalue weighted by Crippen LogP contribution is 2.13. The van der Waals surface area contributed by atoms with Gasteiger partial charge >= 0.3 is 6.03 Å². The van der Waals surface area contributed by atoms with Crippen LogP contribution in [0, 0.1) is 6.92 Å². The number of hydrogen-bond donors (Lipinski definition) is 1. The van der Waals surface area contributed by atoms with Crippen LogP contribution < -0.4 is 5.32 Å². The van der Waals surface area contributed by atoms with Gasteiger partial charge in [-0.1, -0.05) is 5.16 Å². The normalized spacial score (nSPS) is 20.4. The Morgan fingerprint density at radius 1 is 1.12 bits per heavy atom. The Labute approximate surface area is 146 Å². The molecule has 2 aliphatic heterocycles. The number of amides is 3. The van der Waals surface area contributed by atoms with Crippen molar-refractivity contribution in [2.24, 2.45) is 0 Å². The topological polar surface area (TPSA) is 91.2 Å². The number of ether oxygens (including phenoxy) is 1. The van der Waals surface area contributed by atoms with Crippen molar-refractivity contribution in [1.82, 2.24) is 19.9 Å². The average molecular weight is 351 g/mol. The molecule has 0 saturated carbocycles. The summed E-state index contributed by atoms with van der Waals surface area (Å²) < 4.78 is 10.3. The molecule has 9 nitrogen and oxygen atoms in total. The second-order valence-electron chi connectivity index (χ2n) is 6.40. The fourth-order valence-electron chi connectivity index (χ4n) is 3.07. The molecule has 0 bridgehead atoms. The SMILES string of the molecule is Cc1cc(NC(=O)C(C)N2CCN(C(=O)N3CCOCC3)CC2)on1. The third-order valence-corrected chi connectivity index (χ3v) is 4.67. The van der Waals surface area contributed by atoms with Crippen LogP contribution in [-0.4, -0.2) is 90.3 Å². The molecule has 2 saturated heterocycles. The number of hydrogen-bond acceptors (Lipinski definition) is 6. The van der Waals surface area contributed by atoms with Crippen LogP contribution in [0.5, 0.6) is 0 Å².